The van der Waals surface area contributed by atoms with E-state index in [0.29, 0.717) is 13.0 Å². The van der Waals surface area contributed by atoms with Gasteiger partial charge in [-0.3, -0.25) is 4.79 Å². The normalized spacial score (nSPS) is 10.9. The van der Waals surface area contributed by atoms with Gasteiger partial charge in [-0.1, -0.05) is 36.4 Å². The van der Waals surface area contributed by atoms with Crippen molar-refractivity contribution in [3.05, 3.63) is 65.7 Å². The summed E-state index contributed by atoms with van der Waals surface area (Å²) >= 11 is 0. The van der Waals surface area contributed by atoms with Gasteiger partial charge < -0.3 is 10.1 Å². The fourth-order valence-corrected chi connectivity index (χ4v) is 2.78. The van der Waals surface area contributed by atoms with Crippen molar-refractivity contribution in [2.45, 2.75) is 11.3 Å². The van der Waals surface area contributed by atoms with Crippen molar-refractivity contribution in [2.75, 3.05) is 19.4 Å². The summed E-state index contributed by atoms with van der Waals surface area (Å²) in [7, 11) is -3.42. The lowest BCUT2D eigenvalue weighted by Gasteiger charge is -2.07. The number of ether oxygens (including phenoxy) is 1. The molecule has 0 aliphatic heterocycles. The number of hydrogen-bond acceptors (Lipinski definition) is 5. The SMILES string of the molecule is CS(=O)(=O)c1cccc(C(=O)OCC(=O)NCCc2ccccc2)c1. The van der Waals surface area contributed by atoms with Crippen LogP contribution in [0.4, 0.5) is 0 Å². The average molecular weight is 361 g/mol. The van der Waals surface area contributed by atoms with Gasteiger partial charge in [0.15, 0.2) is 16.4 Å². The van der Waals surface area contributed by atoms with Crippen LogP contribution >= 0.6 is 0 Å². The van der Waals surface area contributed by atoms with Gasteiger partial charge in [-0.05, 0) is 30.2 Å². The Morgan fingerprint density at radius 3 is 2.44 bits per heavy atom. The highest BCUT2D eigenvalue weighted by Gasteiger charge is 2.13. The predicted molar refractivity (Wildman–Crippen MR) is 93.0 cm³/mol. The number of amides is 1. The number of benzene rings is 2. The number of esters is 1. The lowest BCUT2D eigenvalue weighted by atomic mass is 10.1. The molecule has 0 saturated carbocycles. The van der Waals surface area contributed by atoms with Gasteiger partial charge in [-0.25, -0.2) is 13.2 Å². The minimum absolute atomic E-state index is 0.0225. The van der Waals surface area contributed by atoms with Gasteiger partial charge in [0.05, 0.1) is 10.5 Å². The first-order chi connectivity index (χ1) is 11.9. The van der Waals surface area contributed by atoms with Crippen molar-refractivity contribution in [2.24, 2.45) is 0 Å². The van der Waals surface area contributed by atoms with E-state index in [2.05, 4.69) is 5.32 Å². The number of hydrogen-bond donors (Lipinski definition) is 1. The molecule has 0 aliphatic rings. The molecule has 0 spiro atoms. The molecule has 1 N–H and O–H groups in total. The topological polar surface area (TPSA) is 89.5 Å². The van der Waals surface area contributed by atoms with Crippen LogP contribution < -0.4 is 5.32 Å². The molecule has 2 aromatic carbocycles. The first kappa shape index (κ1) is 18.7. The van der Waals surface area contributed by atoms with Gasteiger partial charge in [0.2, 0.25) is 0 Å². The molecule has 25 heavy (non-hydrogen) atoms. The number of carbonyl (C=O) groups excluding carboxylic acids is 2. The summed E-state index contributed by atoms with van der Waals surface area (Å²) in [5.74, 6) is -1.16. The largest absolute Gasteiger partial charge is 0.452 e. The van der Waals surface area contributed by atoms with Gasteiger partial charge in [0.1, 0.15) is 0 Å². The van der Waals surface area contributed by atoms with Crippen molar-refractivity contribution < 1.29 is 22.7 Å². The molecule has 0 saturated heterocycles. The molecule has 132 valence electrons. The van der Waals surface area contributed by atoms with Crippen LogP contribution in [0.15, 0.2) is 59.5 Å². The molecular formula is C18H19NO5S. The maximum atomic E-state index is 11.9. The predicted octanol–water partition coefficient (Wildman–Crippen LogP) is 1.61. The second-order valence-corrected chi connectivity index (χ2v) is 7.48. The van der Waals surface area contributed by atoms with Crippen molar-refractivity contribution in [3.8, 4) is 0 Å². The van der Waals surface area contributed by atoms with E-state index < -0.39 is 28.3 Å². The average Bonchev–Trinajstić information content (AvgIpc) is 2.60. The van der Waals surface area contributed by atoms with E-state index in [1.54, 1.807) is 0 Å². The summed E-state index contributed by atoms with van der Waals surface area (Å²) < 4.78 is 27.9. The molecule has 0 fully saturated rings. The Morgan fingerprint density at radius 1 is 1.04 bits per heavy atom. The Balaban J connectivity index is 1.80. The Morgan fingerprint density at radius 2 is 1.76 bits per heavy atom. The second kappa shape index (κ2) is 8.43. The first-order valence-electron chi connectivity index (χ1n) is 7.64. The van der Waals surface area contributed by atoms with Crippen LogP contribution in [0.1, 0.15) is 15.9 Å². The van der Waals surface area contributed by atoms with Gasteiger partial charge in [-0.15, -0.1) is 0 Å². The van der Waals surface area contributed by atoms with Gasteiger partial charge in [-0.2, -0.15) is 0 Å². The maximum Gasteiger partial charge on any atom is 0.338 e. The van der Waals surface area contributed by atoms with Gasteiger partial charge >= 0.3 is 5.97 Å². The Bertz CT molecular complexity index is 847. The summed E-state index contributed by atoms with van der Waals surface area (Å²) in [6, 6.07) is 15.2. The Kier molecular flexibility index (Phi) is 6.30. The molecular weight excluding hydrogens is 342 g/mol. The Hall–Kier alpha value is -2.67. The minimum atomic E-state index is -3.42. The van der Waals surface area contributed by atoms with E-state index >= 15 is 0 Å². The molecule has 0 atom stereocenters. The summed E-state index contributed by atoms with van der Waals surface area (Å²) in [6.45, 7) is 0.0146. The zero-order valence-corrected chi connectivity index (χ0v) is 14.6. The first-order valence-corrected chi connectivity index (χ1v) is 9.53. The van der Waals surface area contributed by atoms with E-state index in [0.717, 1.165) is 11.8 Å². The third-order valence-electron chi connectivity index (χ3n) is 3.41. The molecule has 0 aliphatic carbocycles. The quantitative estimate of drug-likeness (QED) is 0.757. The van der Waals surface area contributed by atoms with E-state index in [4.69, 9.17) is 4.74 Å². The number of sulfone groups is 1. The highest BCUT2D eigenvalue weighted by molar-refractivity contribution is 7.90. The molecule has 2 aromatic rings. The molecule has 0 heterocycles. The Labute approximate surface area is 146 Å². The highest BCUT2D eigenvalue weighted by Crippen LogP contribution is 2.12. The summed E-state index contributed by atoms with van der Waals surface area (Å²) in [6.07, 6.45) is 1.73. The zero-order valence-electron chi connectivity index (χ0n) is 13.8. The van der Waals surface area contributed by atoms with Crippen LogP contribution in [-0.2, 0) is 25.8 Å². The molecule has 1 amide bonds. The van der Waals surface area contributed by atoms with Crippen LogP contribution in [-0.4, -0.2) is 39.7 Å². The summed E-state index contributed by atoms with van der Waals surface area (Å²) in [5.41, 5.74) is 1.18. The van der Waals surface area contributed by atoms with Crippen molar-refractivity contribution >= 4 is 21.7 Å². The van der Waals surface area contributed by atoms with Crippen molar-refractivity contribution in [1.29, 1.82) is 0 Å². The molecule has 2 rings (SSSR count). The maximum absolute atomic E-state index is 11.9. The van der Waals surface area contributed by atoms with Crippen LogP contribution in [0.3, 0.4) is 0 Å². The van der Waals surface area contributed by atoms with E-state index in [9.17, 15) is 18.0 Å². The fraction of sp³-hybridized carbons (Fsp3) is 0.222. The molecule has 0 radical (unpaired) electrons. The molecule has 0 unspecified atom stereocenters. The fourth-order valence-electron chi connectivity index (χ4n) is 2.11. The van der Waals surface area contributed by atoms with E-state index in [1.165, 1.54) is 24.3 Å². The third-order valence-corrected chi connectivity index (χ3v) is 4.52. The lowest BCUT2D eigenvalue weighted by Crippen LogP contribution is -2.30. The highest BCUT2D eigenvalue weighted by atomic mass is 32.2. The van der Waals surface area contributed by atoms with Crippen LogP contribution in [0, 0.1) is 0 Å². The monoisotopic (exact) mass is 361 g/mol. The summed E-state index contributed by atoms with van der Waals surface area (Å²) in [5, 5.41) is 2.66. The number of rotatable bonds is 7. The van der Waals surface area contributed by atoms with E-state index in [1.807, 2.05) is 30.3 Å². The van der Waals surface area contributed by atoms with Gasteiger partial charge in [0, 0.05) is 12.8 Å². The van der Waals surface area contributed by atoms with Crippen LogP contribution in [0.25, 0.3) is 0 Å². The molecule has 6 nitrogen and oxygen atoms in total. The molecule has 7 heteroatoms. The smallest absolute Gasteiger partial charge is 0.338 e. The van der Waals surface area contributed by atoms with Crippen molar-refractivity contribution in [3.63, 3.8) is 0 Å². The van der Waals surface area contributed by atoms with Gasteiger partial charge in [0.25, 0.3) is 5.91 Å². The van der Waals surface area contributed by atoms with Crippen LogP contribution in [0.2, 0.25) is 0 Å². The number of nitrogens with one attached hydrogen (secondary N) is 1. The number of carbonyl (C=O) groups is 2. The molecule has 0 aromatic heterocycles. The second-order valence-electron chi connectivity index (χ2n) is 5.46. The third kappa shape index (κ3) is 6.04. The standard InChI is InChI=1S/C18H19NO5S/c1-25(22,23)16-9-5-8-15(12-16)18(21)24-13-17(20)19-11-10-14-6-3-2-4-7-14/h2-9,12H,10-11,13H2,1H3,(H,19,20). The molecule has 0 bridgehead atoms. The zero-order chi connectivity index (χ0) is 18.3. The van der Waals surface area contributed by atoms with Crippen molar-refractivity contribution in [1.82, 2.24) is 5.32 Å². The lowest BCUT2D eigenvalue weighted by molar-refractivity contribution is -0.124. The van der Waals surface area contributed by atoms with Crippen LogP contribution in [0.5, 0.6) is 0 Å². The van der Waals surface area contributed by atoms with E-state index in [-0.39, 0.29) is 10.5 Å². The summed E-state index contributed by atoms with van der Waals surface area (Å²) in [4.78, 5) is 23.7. The minimum Gasteiger partial charge on any atom is -0.452 e.